The summed E-state index contributed by atoms with van der Waals surface area (Å²) in [6.45, 7) is 25.5. The average molecular weight is 757 g/mol. The minimum Gasteiger partial charge on any atom is -0.491 e. The molecule has 0 bridgehead atoms. The SMILES string of the molecule is C=C/C=C(\C=C/C)[C@H]1C/C(=C/CCC)CSc2cc(OCCOCO)ccc21.CC.CCC.CC[C@H](C)[C@H](O)[C@H](c1ccccc1)c1ccc(C)cc1C. The van der Waals surface area contributed by atoms with Crippen molar-refractivity contribution in [2.24, 2.45) is 5.92 Å². The van der Waals surface area contributed by atoms with Gasteiger partial charge in [0.15, 0.2) is 0 Å². The van der Waals surface area contributed by atoms with Crippen molar-refractivity contribution in [3.8, 4) is 5.75 Å². The first kappa shape index (κ1) is 48.7. The van der Waals surface area contributed by atoms with Gasteiger partial charge in [0, 0.05) is 22.5 Å². The van der Waals surface area contributed by atoms with Gasteiger partial charge in [-0.25, -0.2) is 0 Å². The third-order valence-electron chi connectivity index (χ3n) is 9.11. The molecule has 2 N–H and O–H groups in total. The van der Waals surface area contributed by atoms with Crippen molar-refractivity contribution >= 4 is 11.8 Å². The molecule has 298 valence electrons. The highest BCUT2D eigenvalue weighted by Gasteiger charge is 2.28. The summed E-state index contributed by atoms with van der Waals surface area (Å²) in [5.41, 5.74) is 9.08. The summed E-state index contributed by atoms with van der Waals surface area (Å²) < 4.78 is 10.7. The van der Waals surface area contributed by atoms with Gasteiger partial charge in [-0.2, -0.15) is 0 Å². The highest BCUT2D eigenvalue weighted by atomic mass is 32.2. The molecule has 4 nitrogen and oxygen atoms in total. The second kappa shape index (κ2) is 29.0. The van der Waals surface area contributed by atoms with Crippen LogP contribution in [-0.2, 0) is 4.74 Å². The number of thioether (sulfide) groups is 1. The first-order valence-electron chi connectivity index (χ1n) is 20.2. The molecule has 0 radical (unpaired) electrons. The van der Waals surface area contributed by atoms with Gasteiger partial charge in [0.1, 0.15) is 19.1 Å². The molecule has 3 aromatic carbocycles. The van der Waals surface area contributed by atoms with Crippen molar-refractivity contribution in [2.75, 3.05) is 25.8 Å². The van der Waals surface area contributed by atoms with Crippen LogP contribution in [0.1, 0.15) is 127 Å². The maximum atomic E-state index is 10.9. The molecule has 4 rings (SSSR count). The summed E-state index contributed by atoms with van der Waals surface area (Å²) in [6.07, 6.45) is 15.9. The van der Waals surface area contributed by atoms with E-state index < -0.39 is 0 Å². The molecular formula is C49H72O4S. The fourth-order valence-corrected chi connectivity index (χ4v) is 7.43. The number of aryl methyl sites for hydroxylation is 2. The summed E-state index contributed by atoms with van der Waals surface area (Å²) in [5.74, 6) is 2.48. The van der Waals surface area contributed by atoms with Gasteiger partial charge in [0.25, 0.3) is 0 Å². The van der Waals surface area contributed by atoms with E-state index in [1.807, 2.05) is 43.8 Å². The number of rotatable bonds is 15. The predicted octanol–water partition coefficient (Wildman–Crippen LogP) is 13.3. The summed E-state index contributed by atoms with van der Waals surface area (Å²) >= 11 is 1.89. The lowest BCUT2D eigenvalue weighted by molar-refractivity contribution is -0.0126. The summed E-state index contributed by atoms with van der Waals surface area (Å²) in [4.78, 5) is 1.27. The Hall–Kier alpha value is -3.35. The minimum absolute atomic E-state index is 0.0433. The van der Waals surface area contributed by atoms with Crippen LogP contribution in [0.15, 0.2) is 120 Å². The van der Waals surface area contributed by atoms with E-state index in [9.17, 15) is 5.11 Å². The molecule has 0 unspecified atom stereocenters. The highest BCUT2D eigenvalue weighted by Crippen LogP contribution is 2.44. The molecule has 4 atom stereocenters. The van der Waals surface area contributed by atoms with Crippen LogP contribution in [0.4, 0.5) is 0 Å². The number of benzene rings is 3. The molecule has 0 aromatic heterocycles. The van der Waals surface area contributed by atoms with Crippen LogP contribution in [0, 0.1) is 19.8 Å². The Kier molecular flexibility index (Phi) is 26.1. The molecule has 0 aliphatic carbocycles. The molecule has 0 amide bonds. The van der Waals surface area contributed by atoms with Crippen LogP contribution in [0.3, 0.4) is 0 Å². The standard InChI is InChI=1S/C24H32O3S.C20H26O.C3H8.C2H6/c1-4-7-10-19-15-23(20(8-5-2)9-6-3)22-12-11-21(16-24(22)28-17-19)27-14-13-26-18-25;1-5-15(3)20(21)19(17-9-7-6-8-10-17)18-12-11-14(2)13-16(18)4;1-3-2;1-2/h5-6,8-12,16,23,25H,2,4,7,13-15,17-18H2,1,3H3;6-13,15,19-21H,5H2,1-4H3;3H2,1-2H3;1-2H3/b9-6-,19-10-,20-8+;;;/t23-;15-,19+,20-;;/m10../s1. The molecule has 0 saturated heterocycles. The van der Waals surface area contributed by atoms with Gasteiger partial charge in [-0.05, 0) is 79.5 Å². The van der Waals surface area contributed by atoms with Crippen LogP contribution < -0.4 is 4.74 Å². The van der Waals surface area contributed by atoms with Crippen molar-refractivity contribution in [1.82, 2.24) is 0 Å². The number of allylic oxidation sites excluding steroid dienone is 6. The zero-order chi connectivity index (χ0) is 40.3. The Morgan fingerprint density at radius 3 is 2.28 bits per heavy atom. The van der Waals surface area contributed by atoms with E-state index in [1.54, 1.807) is 0 Å². The van der Waals surface area contributed by atoms with Crippen LogP contribution in [0.25, 0.3) is 0 Å². The lowest BCUT2D eigenvalue weighted by atomic mass is 9.79. The Balaban J connectivity index is 0.000000497. The van der Waals surface area contributed by atoms with Crippen molar-refractivity contribution in [3.05, 3.63) is 143 Å². The fourth-order valence-electron chi connectivity index (χ4n) is 6.27. The van der Waals surface area contributed by atoms with E-state index in [2.05, 4.69) is 141 Å². The van der Waals surface area contributed by atoms with Gasteiger partial charge in [0.05, 0.1) is 12.7 Å². The minimum atomic E-state index is -0.362. The predicted molar refractivity (Wildman–Crippen MR) is 236 cm³/mol. The Morgan fingerprint density at radius 1 is 0.981 bits per heavy atom. The maximum Gasteiger partial charge on any atom is 0.143 e. The first-order chi connectivity index (χ1) is 26.2. The number of aliphatic hydroxyl groups is 2. The van der Waals surface area contributed by atoms with E-state index in [0.717, 1.165) is 30.8 Å². The molecule has 1 aliphatic heterocycles. The van der Waals surface area contributed by atoms with Gasteiger partial charge >= 0.3 is 0 Å². The lowest BCUT2D eigenvalue weighted by Crippen LogP contribution is -2.27. The monoisotopic (exact) mass is 757 g/mol. The number of fused-ring (bicyclic) bond motifs is 1. The molecule has 0 saturated carbocycles. The molecule has 0 spiro atoms. The number of hydrogen-bond donors (Lipinski definition) is 2. The number of unbranched alkanes of at least 4 members (excludes halogenated alkanes) is 1. The Bertz CT molecular complexity index is 1540. The van der Waals surface area contributed by atoms with Crippen molar-refractivity contribution in [2.45, 2.75) is 124 Å². The Morgan fingerprint density at radius 2 is 1.69 bits per heavy atom. The van der Waals surface area contributed by atoms with Gasteiger partial charge in [-0.1, -0.05) is 170 Å². The molecule has 54 heavy (non-hydrogen) atoms. The van der Waals surface area contributed by atoms with Crippen LogP contribution in [0.5, 0.6) is 5.75 Å². The van der Waals surface area contributed by atoms with E-state index in [4.69, 9.17) is 14.6 Å². The topological polar surface area (TPSA) is 58.9 Å². The first-order valence-corrected chi connectivity index (χ1v) is 21.2. The quantitative estimate of drug-likeness (QED) is 0.0700. The summed E-state index contributed by atoms with van der Waals surface area (Å²) in [7, 11) is 0. The highest BCUT2D eigenvalue weighted by molar-refractivity contribution is 7.99. The largest absolute Gasteiger partial charge is 0.491 e. The maximum absolute atomic E-state index is 10.9. The fraction of sp³-hybridized carbons (Fsp3) is 0.469. The van der Waals surface area contributed by atoms with Gasteiger partial charge in [-0.15, -0.1) is 11.8 Å². The third kappa shape index (κ3) is 16.6. The normalized spacial score (nSPS) is 16.3. The number of aliphatic hydroxyl groups excluding tert-OH is 2. The Labute approximate surface area is 334 Å². The second-order valence-corrected chi connectivity index (χ2v) is 14.5. The molecule has 1 heterocycles. The molecule has 3 aromatic rings. The molecular weight excluding hydrogens is 685 g/mol. The zero-order valence-electron chi connectivity index (χ0n) is 35.2. The van der Waals surface area contributed by atoms with Crippen molar-refractivity contribution in [3.63, 3.8) is 0 Å². The van der Waals surface area contributed by atoms with Gasteiger partial charge in [0.2, 0.25) is 0 Å². The van der Waals surface area contributed by atoms with Crippen LogP contribution >= 0.6 is 11.8 Å². The molecule has 5 heteroatoms. The van der Waals surface area contributed by atoms with E-state index in [0.29, 0.717) is 19.1 Å². The second-order valence-electron chi connectivity index (χ2n) is 13.5. The van der Waals surface area contributed by atoms with Crippen LogP contribution in [0.2, 0.25) is 0 Å². The van der Waals surface area contributed by atoms with Gasteiger partial charge in [-0.3, -0.25) is 0 Å². The van der Waals surface area contributed by atoms with E-state index >= 15 is 0 Å². The number of ether oxygens (including phenoxy) is 2. The summed E-state index contributed by atoms with van der Waals surface area (Å²) in [6, 6.07) is 23.2. The zero-order valence-corrected chi connectivity index (χ0v) is 36.1. The molecule has 0 fully saturated rings. The van der Waals surface area contributed by atoms with E-state index in [-0.39, 0.29) is 24.7 Å². The van der Waals surface area contributed by atoms with Gasteiger partial charge < -0.3 is 19.7 Å². The lowest BCUT2D eigenvalue weighted by Gasteiger charge is -2.29. The van der Waals surface area contributed by atoms with E-state index in [1.165, 1.54) is 56.7 Å². The average Bonchev–Trinajstić information content (AvgIpc) is 3.37. The number of hydrogen-bond acceptors (Lipinski definition) is 5. The summed E-state index contributed by atoms with van der Waals surface area (Å²) in [5, 5.41) is 19.6. The smallest absolute Gasteiger partial charge is 0.143 e. The van der Waals surface area contributed by atoms with Crippen molar-refractivity contribution in [1.29, 1.82) is 0 Å². The van der Waals surface area contributed by atoms with Crippen LogP contribution in [-0.4, -0.2) is 42.1 Å². The third-order valence-corrected chi connectivity index (χ3v) is 10.3. The van der Waals surface area contributed by atoms with Crippen molar-refractivity contribution < 1.29 is 19.7 Å². The molecule has 1 aliphatic rings.